The summed E-state index contributed by atoms with van der Waals surface area (Å²) in [5.74, 6) is 0. The molecule has 3 aromatic rings. The van der Waals surface area contributed by atoms with Crippen LogP contribution in [0.25, 0.3) is 16.9 Å². The molecule has 4 heteroatoms. The molecule has 1 aliphatic carbocycles. The van der Waals surface area contributed by atoms with E-state index in [1.807, 2.05) is 49.4 Å². The first-order valence-electron chi connectivity index (χ1n) is 9.56. The Balaban J connectivity index is 2.11. The molecular formula is C23H24N2O2. The smallest absolute Gasteiger partial charge is 0.306 e. The first kappa shape index (κ1) is 17.5. The molecule has 1 heterocycles. The van der Waals surface area contributed by atoms with Crippen LogP contribution in [0.3, 0.4) is 0 Å². The molecule has 1 aromatic heterocycles. The Morgan fingerprint density at radius 3 is 2.48 bits per heavy atom. The molecule has 2 aromatic carbocycles. The molecule has 27 heavy (non-hydrogen) atoms. The quantitative estimate of drug-likeness (QED) is 0.764. The summed E-state index contributed by atoms with van der Waals surface area (Å²) in [6, 6.07) is 15.6. The fraction of sp³-hybridized carbons (Fsp3) is 0.304. The molecule has 138 valence electrons. The summed E-state index contributed by atoms with van der Waals surface area (Å²) in [5, 5.41) is 0. The second-order valence-electron chi connectivity index (χ2n) is 7.48. The van der Waals surface area contributed by atoms with Gasteiger partial charge in [-0.1, -0.05) is 50.2 Å². The molecule has 1 N–H and O–H groups in total. The molecule has 0 saturated carbocycles. The minimum atomic E-state index is -0.387. The predicted molar refractivity (Wildman–Crippen MR) is 109 cm³/mol. The third-order valence-corrected chi connectivity index (χ3v) is 6.06. The number of nitrogens with zero attached hydrogens (tertiary/aromatic N) is 1. The molecule has 0 radical (unpaired) electrons. The van der Waals surface area contributed by atoms with E-state index in [9.17, 15) is 9.59 Å². The molecule has 4 nitrogen and oxygen atoms in total. The van der Waals surface area contributed by atoms with Gasteiger partial charge in [-0.2, -0.15) is 0 Å². The van der Waals surface area contributed by atoms with Crippen molar-refractivity contribution < 1.29 is 0 Å². The molecule has 4 rings (SSSR count). The van der Waals surface area contributed by atoms with Crippen LogP contribution < -0.4 is 11.2 Å². The van der Waals surface area contributed by atoms with E-state index in [-0.39, 0.29) is 16.7 Å². The van der Waals surface area contributed by atoms with E-state index in [1.165, 1.54) is 10.1 Å². The highest BCUT2D eigenvalue weighted by atomic mass is 16.2. The van der Waals surface area contributed by atoms with Crippen molar-refractivity contribution >= 4 is 0 Å². The maximum Gasteiger partial charge on any atom is 0.333 e. The highest BCUT2D eigenvalue weighted by Crippen LogP contribution is 2.44. The van der Waals surface area contributed by atoms with Gasteiger partial charge in [-0.3, -0.25) is 4.79 Å². The van der Waals surface area contributed by atoms with Gasteiger partial charge in [0.2, 0.25) is 0 Å². The van der Waals surface area contributed by atoms with E-state index in [4.69, 9.17) is 0 Å². The van der Waals surface area contributed by atoms with Crippen molar-refractivity contribution in [3.8, 4) is 16.9 Å². The lowest BCUT2D eigenvalue weighted by Gasteiger charge is -2.38. The summed E-state index contributed by atoms with van der Waals surface area (Å²) in [5.41, 5.74) is 4.37. The Morgan fingerprint density at radius 1 is 1.04 bits per heavy atom. The number of aromatic amines is 1. The van der Waals surface area contributed by atoms with Gasteiger partial charge in [0.25, 0.3) is 5.56 Å². The summed E-state index contributed by atoms with van der Waals surface area (Å²) in [6.07, 6.45) is 2.51. The van der Waals surface area contributed by atoms with Gasteiger partial charge < -0.3 is 4.98 Å². The minimum absolute atomic E-state index is 0.197. The third-order valence-electron chi connectivity index (χ3n) is 6.06. The zero-order valence-corrected chi connectivity index (χ0v) is 16.0. The van der Waals surface area contributed by atoms with Crippen LogP contribution in [-0.2, 0) is 11.8 Å². The van der Waals surface area contributed by atoms with Crippen molar-refractivity contribution in [2.45, 2.75) is 45.4 Å². The molecule has 0 fully saturated rings. The van der Waals surface area contributed by atoms with Crippen LogP contribution in [0.1, 0.15) is 43.4 Å². The Labute approximate surface area is 158 Å². The summed E-state index contributed by atoms with van der Waals surface area (Å²) >= 11 is 0. The third kappa shape index (κ3) is 2.59. The van der Waals surface area contributed by atoms with Gasteiger partial charge in [-0.25, -0.2) is 9.36 Å². The highest BCUT2D eigenvalue weighted by molar-refractivity contribution is 5.71. The average Bonchev–Trinajstić information content (AvgIpc) is 2.67. The van der Waals surface area contributed by atoms with Gasteiger partial charge in [0.15, 0.2) is 0 Å². The number of nitrogens with one attached hydrogen (secondary N) is 1. The van der Waals surface area contributed by atoms with Crippen LogP contribution in [-0.4, -0.2) is 9.55 Å². The first-order chi connectivity index (χ1) is 13.0. The fourth-order valence-corrected chi connectivity index (χ4v) is 4.46. The van der Waals surface area contributed by atoms with Gasteiger partial charge in [0.1, 0.15) is 0 Å². The average molecular weight is 360 g/mol. The van der Waals surface area contributed by atoms with Crippen molar-refractivity contribution in [3.63, 3.8) is 0 Å². The number of fused-ring (bicyclic) bond motifs is 3. The van der Waals surface area contributed by atoms with Crippen molar-refractivity contribution in [2.75, 3.05) is 0 Å². The maximum absolute atomic E-state index is 13.6. The standard InChI is InChI=1S/C23H24N2O2/c1-4-23(5-2)14-16-10-6-7-12-18(16)20-19(23)21(26)25(22(27)24-20)17-11-8-9-15(3)13-17/h6-13H,4-5,14H2,1-3H3,(H,24,27). The zero-order chi connectivity index (χ0) is 19.2. The molecule has 0 aliphatic heterocycles. The lowest BCUT2D eigenvalue weighted by Crippen LogP contribution is -2.45. The lowest BCUT2D eigenvalue weighted by molar-refractivity contribution is 0.381. The van der Waals surface area contributed by atoms with Gasteiger partial charge in [0, 0.05) is 16.5 Å². The van der Waals surface area contributed by atoms with Crippen LogP contribution in [0.15, 0.2) is 58.1 Å². The first-order valence-corrected chi connectivity index (χ1v) is 9.56. The number of H-pyrrole nitrogens is 1. The minimum Gasteiger partial charge on any atom is -0.306 e. The molecule has 0 bridgehead atoms. The largest absolute Gasteiger partial charge is 0.333 e. The fourth-order valence-electron chi connectivity index (χ4n) is 4.46. The van der Waals surface area contributed by atoms with Crippen molar-refractivity contribution in [2.24, 2.45) is 0 Å². The molecule has 0 atom stereocenters. The summed E-state index contributed by atoms with van der Waals surface area (Å²) in [6.45, 7) is 6.21. The summed E-state index contributed by atoms with van der Waals surface area (Å²) in [4.78, 5) is 29.6. The Bertz CT molecular complexity index is 1130. The number of aromatic nitrogens is 2. The van der Waals surface area contributed by atoms with E-state index in [2.05, 4.69) is 24.9 Å². The van der Waals surface area contributed by atoms with Crippen molar-refractivity contribution in [3.05, 3.63) is 86.1 Å². The van der Waals surface area contributed by atoms with E-state index in [0.29, 0.717) is 11.4 Å². The van der Waals surface area contributed by atoms with Gasteiger partial charge in [-0.05, 0) is 49.4 Å². The number of hydrogen-bond acceptors (Lipinski definition) is 2. The second kappa shape index (κ2) is 6.38. The molecule has 0 spiro atoms. The molecular weight excluding hydrogens is 336 g/mol. The molecule has 1 aliphatic rings. The maximum atomic E-state index is 13.6. The van der Waals surface area contributed by atoms with Crippen molar-refractivity contribution in [1.29, 1.82) is 0 Å². The van der Waals surface area contributed by atoms with Crippen LogP contribution in [0, 0.1) is 6.92 Å². The van der Waals surface area contributed by atoms with E-state index >= 15 is 0 Å². The number of aryl methyl sites for hydroxylation is 1. The summed E-state index contributed by atoms with van der Waals surface area (Å²) in [7, 11) is 0. The Kier molecular flexibility index (Phi) is 4.14. The monoisotopic (exact) mass is 360 g/mol. The van der Waals surface area contributed by atoms with Gasteiger partial charge in [-0.15, -0.1) is 0 Å². The number of rotatable bonds is 3. The molecule has 0 unspecified atom stereocenters. The van der Waals surface area contributed by atoms with Gasteiger partial charge in [0.05, 0.1) is 11.4 Å². The summed E-state index contributed by atoms with van der Waals surface area (Å²) < 4.78 is 1.29. The van der Waals surface area contributed by atoms with E-state index in [1.54, 1.807) is 0 Å². The Hall–Kier alpha value is -2.88. The highest BCUT2D eigenvalue weighted by Gasteiger charge is 2.40. The lowest BCUT2D eigenvalue weighted by atomic mass is 9.66. The van der Waals surface area contributed by atoms with E-state index < -0.39 is 0 Å². The predicted octanol–water partition coefficient (Wildman–Crippen LogP) is 4.12. The SMILES string of the molecule is CCC1(CC)Cc2ccccc2-c2[nH]c(=O)n(-c3cccc(C)c3)c(=O)c21. The normalized spacial score (nSPS) is 14.5. The Morgan fingerprint density at radius 2 is 1.78 bits per heavy atom. The topological polar surface area (TPSA) is 54.9 Å². The van der Waals surface area contributed by atoms with Crippen LogP contribution in [0.2, 0.25) is 0 Å². The van der Waals surface area contributed by atoms with Gasteiger partial charge >= 0.3 is 5.69 Å². The molecule has 0 saturated heterocycles. The number of benzene rings is 2. The van der Waals surface area contributed by atoms with Crippen LogP contribution in [0.5, 0.6) is 0 Å². The van der Waals surface area contributed by atoms with Crippen molar-refractivity contribution in [1.82, 2.24) is 9.55 Å². The zero-order valence-electron chi connectivity index (χ0n) is 16.0. The number of hydrogen-bond donors (Lipinski definition) is 1. The van der Waals surface area contributed by atoms with Crippen LogP contribution >= 0.6 is 0 Å². The van der Waals surface area contributed by atoms with Crippen LogP contribution in [0.4, 0.5) is 0 Å². The second-order valence-corrected chi connectivity index (χ2v) is 7.48. The van der Waals surface area contributed by atoms with E-state index in [0.717, 1.165) is 36.0 Å². The molecule has 0 amide bonds.